The van der Waals surface area contributed by atoms with Gasteiger partial charge in [0.2, 0.25) is 0 Å². The molecule has 1 fully saturated rings. The third kappa shape index (κ3) is 2.65. The Bertz CT molecular complexity index is 875. The highest BCUT2D eigenvalue weighted by Crippen LogP contribution is 2.28. The number of rotatable bonds is 2. The second-order valence-corrected chi connectivity index (χ2v) is 6.69. The summed E-state index contributed by atoms with van der Waals surface area (Å²) in [5.41, 5.74) is 6.49. The molecule has 0 amide bonds. The molecular formula is C19H23N5. The molecular weight excluding hydrogens is 298 g/mol. The van der Waals surface area contributed by atoms with Crippen LogP contribution in [0.2, 0.25) is 0 Å². The van der Waals surface area contributed by atoms with Crippen molar-refractivity contribution in [1.82, 2.24) is 19.9 Å². The van der Waals surface area contributed by atoms with Gasteiger partial charge in [-0.05, 0) is 50.7 Å². The second kappa shape index (κ2) is 5.91. The molecule has 1 aliphatic rings. The van der Waals surface area contributed by atoms with E-state index in [1.165, 1.54) is 16.6 Å². The maximum Gasteiger partial charge on any atom is 0.109 e. The van der Waals surface area contributed by atoms with Gasteiger partial charge >= 0.3 is 0 Å². The van der Waals surface area contributed by atoms with Gasteiger partial charge in [0.1, 0.15) is 5.69 Å². The molecule has 0 atom stereocenters. The number of imidazole rings is 1. The zero-order valence-corrected chi connectivity index (χ0v) is 14.5. The van der Waals surface area contributed by atoms with E-state index in [9.17, 15) is 0 Å². The normalized spacial score (nSPS) is 16.0. The van der Waals surface area contributed by atoms with Gasteiger partial charge < -0.3 is 14.8 Å². The lowest BCUT2D eigenvalue weighted by molar-refractivity contribution is 0.313. The first-order valence-electron chi connectivity index (χ1n) is 8.47. The highest BCUT2D eigenvalue weighted by Gasteiger charge is 2.16. The van der Waals surface area contributed by atoms with Crippen molar-refractivity contribution >= 4 is 16.6 Å². The molecule has 4 rings (SSSR count). The molecule has 1 N–H and O–H groups in total. The highest BCUT2D eigenvalue weighted by molar-refractivity contribution is 5.87. The summed E-state index contributed by atoms with van der Waals surface area (Å²) in [5, 5.41) is 1.23. The lowest BCUT2D eigenvalue weighted by Crippen LogP contribution is -2.44. The monoisotopic (exact) mass is 321 g/mol. The number of anilines is 1. The number of nitrogens with one attached hydrogen (secondary N) is 1. The van der Waals surface area contributed by atoms with Crippen molar-refractivity contribution in [3.05, 3.63) is 41.9 Å². The third-order valence-corrected chi connectivity index (χ3v) is 4.94. The van der Waals surface area contributed by atoms with E-state index >= 15 is 0 Å². The number of hydrogen-bond donors (Lipinski definition) is 1. The average Bonchev–Trinajstić information content (AvgIpc) is 3.01. The molecule has 0 spiro atoms. The minimum absolute atomic E-state index is 0.933. The summed E-state index contributed by atoms with van der Waals surface area (Å²) >= 11 is 0. The number of benzene rings is 1. The SMILES string of the molecule is Cc1[nH]cnc1-c1cc(C)c2cc(N3CCN(C)CC3)ccc2n1. The number of pyridine rings is 1. The lowest BCUT2D eigenvalue weighted by Gasteiger charge is -2.34. The number of aryl methyl sites for hydroxylation is 2. The predicted octanol–water partition coefficient (Wildman–Crippen LogP) is 2.99. The van der Waals surface area contributed by atoms with Gasteiger partial charge in [-0.1, -0.05) is 0 Å². The Kier molecular flexibility index (Phi) is 3.73. The quantitative estimate of drug-likeness (QED) is 0.788. The largest absolute Gasteiger partial charge is 0.369 e. The number of aromatic amines is 1. The molecule has 3 heterocycles. The van der Waals surface area contributed by atoms with Crippen LogP contribution in [-0.4, -0.2) is 53.1 Å². The molecule has 5 heteroatoms. The van der Waals surface area contributed by atoms with Crippen LogP contribution in [-0.2, 0) is 0 Å². The molecule has 2 aromatic heterocycles. The first-order valence-corrected chi connectivity index (χ1v) is 8.47. The van der Waals surface area contributed by atoms with Crippen LogP contribution < -0.4 is 4.90 Å². The van der Waals surface area contributed by atoms with Gasteiger partial charge in [-0.15, -0.1) is 0 Å². The van der Waals surface area contributed by atoms with E-state index in [-0.39, 0.29) is 0 Å². The second-order valence-electron chi connectivity index (χ2n) is 6.69. The van der Waals surface area contributed by atoms with Gasteiger partial charge in [0.25, 0.3) is 0 Å². The van der Waals surface area contributed by atoms with Crippen LogP contribution in [0.3, 0.4) is 0 Å². The fourth-order valence-electron chi connectivity index (χ4n) is 3.38. The van der Waals surface area contributed by atoms with Crippen LogP contribution in [0.4, 0.5) is 5.69 Å². The molecule has 24 heavy (non-hydrogen) atoms. The third-order valence-electron chi connectivity index (χ3n) is 4.94. The van der Waals surface area contributed by atoms with Crippen LogP contribution in [0.25, 0.3) is 22.3 Å². The molecule has 0 unspecified atom stereocenters. The summed E-state index contributed by atoms with van der Waals surface area (Å²) in [5.74, 6) is 0. The lowest BCUT2D eigenvalue weighted by atomic mass is 10.1. The number of H-pyrrole nitrogens is 1. The maximum atomic E-state index is 4.83. The molecule has 0 radical (unpaired) electrons. The Morgan fingerprint density at radius 2 is 1.83 bits per heavy atom. The standard InChI is InChI=1S/C19H23N5/c1-13-10-18(19-14(2)20-12-21-19)22-17-5-4-15(11-16(13)17)24-8-6-23(3)7-9-24/h4-5,10-12H,6-9H2,1-3H3,(H,20,21). The summed E-state index contributed by atoms with van der Waals surface area (Å²) < 4.78 is 0. The minimum atomic E-state index is 0.933. The molecule has 1 saturated heterocycles. The Morgan fingerprint density at radius 1 is 1.04 bits per heavy atom. The molecule has 124 valence electrons. The van der Waals surface area contributed by atoms with E-state index in [1.807, 2.05) is 6.92 Å². The van der Waals surface area contributed by atoms with E-state index in [0.29, 0.717) is 0 Å². The Hall–Kier alpha value is -2.40. The zero-order valence-electron chi connectivity index (χ0n) is 14.5. The number of aromatic nitrogens is 3. The van der Waals surface area contributed by atoms with Gasteiger partial charge in [-0.3, -0.25) is 0 Å². The summed E-state index contributed by atoms with van der Waals surface area (Å²) in [6, 6.07) is 8.76. The van der Waals surface area contributed by atoms with Crippen molar-refractivity contribution in [2.45, 2.75) is 13.8 Å². The van der Waals surface area contributed by atoms with Gasteiger partial charge in [-0.2, -0.15) is 0 Å². The van der Waals surface area contributed by atoms with E-state index in [2.05, 4.69) is 58.0 Å². The van der Waals surface area contributed by atoms with Gasteiger partial charge in [0, 0.05) is 42.9 Å². The van der Waals surface area contributed by atoms with E-state index in [1.54, 1.807) is 6.33 Å². The Morgan fingerprint density at radius 3 is 2.54 bits per heavy atom. The Balaban J connectivity index is 1.73. The molecule has 0 bridgehead atoms. The van der Waals surface area contributed by atoms with Gasteiger partial charge in [-0.25, -0.2) is 9.97 Å². The van der Waals surface area contributed by atoms with E-state index in [0.717, 1.165) is 48.8 Å². The predicted molar refractivity (Wildman–Crippen MR) is 98.5 cm³/mol. The fraction of sp³-hybridized carbons (Fsp3) is 0.368. The van der Waals surface area contributed by atoms with Crippen LogP contribution in [0.5, 0.6) is 0 Å². The highest BCUT2D eigenvalue weighted by atomic mass is 15.2. The molecule has 1 aliphatic heterocycles. The number of nitrogens with zero attached hydrogens (tertiary/aromatic N) is 4. The van der Waals surface area contributed by atoms with Crippen molar-refractivity contribution in [3.8, 4) is 11.4 Å². The van der Waals surface area contributed by atoms with Crippen molar-refractivity contribution in [3.63, 3.8) is 0 Å². The fourth-order valence-corrected chi connectivity index (χ4v) is 3.38. The first-order chi connectivity index (χ1) is 11.6. The molecule has 1 aromatic carbocycles. The van der Waals surface area contributed by atoms with Gasteiger partial charge in [0.05, 0.1) is 17.5 Å². The summed E-state index contributed by atoms with van der Waals surface area (Å²) in [6.45, 7) is 8.58. The van der Waals surface area contributed by atoms with Crippen molar-refractivity contribution in [1.29, 1.82) is 0 Å². The van der Waals surface area contributed by atoms with Crippen LogP contribution >= 0.6 is 0 Å². The van der Waals surface area contributed by atoms with E-state index in [4.69, 9.17) is 4.98 Å². The van der Waals surface area contributed by atoms with Crippen molar-refractivity contribution < 1.29 is 0 Å². The van der Waals surface area contributed by atoms with E-state index < -0.39 is 0 Å². The number of piperazine rings is 1. The summed E-state index contributed by atoms with van der Waals surface area (Å²) in [4.78, 5) is 17.2. The van der Waals surface area contributed by atoms with Crippen molar-refractivity contribution in [2.75, 3.05) is 38.1 Å². The number of fused-ring (bicyclic) bond motifs is 1. The molecule has 0 aliphatic carbocycles. The average molecular weight is 321 g/mol. The summed E-state index contributed by atoms with van der Waals surface area (Å²) in [7, 11) is 2.18. The van der Waals surface area contributed by atoms with Crippen LogP contribution in [0.1, 0.15) is 11.3 Å². The summed E-state index contributed by atoms with van der Waals surface area (Å²) in [6.07, 6.45) is 1.72. The molecule has 0 saturated carbocycles. The first kappa shape index (κ1) is 15.1. The Labute approximate surface area is 142 Å². The molecule has 5 nitrogen and oxygen atoms in total. The maximum absolute atomic E-state index is 4.83. The van der Waals surface area contributed by atoms with Crippen molar-refractivity contribution in [2.24, 2.45) is 0 Å². The van der Waals surface area contributed by atoms with Crippen LogP contribution in [0.15, 0.2) is 30.6 Å². The smallest absolute Gasteiger partial charge is 0.109 e. The topological polar surface area (TPSA) is 48.1 Å². The molecule has 3 aromatic rings. The van der Waals surface area contributed by atoms with Crippen LogP contribution in [0, 0.1) is 13.8 Å². The zero-order chi connectivity index (χ0) is 16.7. The minimum Gasteiger partial charge on any atom is -0.369 e. The number of hydrogen-bond acceptors (Lipinski definition) is 4. The van der Waals surface area contributed by atoms with Gasteiger partial charge in [0.15, 0.2) is 0 Å². The number of likely N-dealkylation sites (N-methyl/N-ethyl adjacent to an activating group) is 1.